The number of aliphatic hydroxyl groups excluding tert-OH is 8. The summed E-state index contributed by atoms with van der Waals surface area (Å²) in [6, 6.07) is 5.02. The number of carboxylic acid groups (broad SMARTS) is 2. The number of methoxy groups -OCH3 is 1. The zero-order valence-electron chi connectivity index (χ0n) is 24.2. The standard InChI is InChI=1S/C8H6O4.C7H14O6.C4H10O3.C3H6O.C2H6O2.C2H4O/c9-7(10)5-1-2-6(4-3-5)8(11)12;1-12-7-6(11)5(10)4(9)3(2-8)13-7;5-1-3-7-4-2-6;1-3-2-4-3;3-1-2-4;1-2-3-1/h1-4H,(H,9,10)(H,11,12);3-11H,2H2,1H3;5-6H,1-4H2;3H,2H2,1H3;3-4H,1-2H2;1-2H2. The third kappa shape index (κ3) is 23.7. The Morgan fingerprint density at radius 1 is 0.791 bits per heavy atom. The largest absolute Gasteiger partial charge is 0.478 e. The SMILES string of the molecule is C1CO1.CC1CO1.COC1OC(CO)C(O)C(O)C1O.O=C(O)c1ccc(C(=O)O)cc1.OCCO.OCCOCCO. The van der Waals surface area contributed by atoms with Crippen LogP contribution in [0.3, 0.4) is 0 Å². The molecule has 6 unspecified atom stereocenters. The Bertz CT molecular complexity index is 742. The third-order valence-electron chi connectivity index (χ3n) is 4.73. The first kappa shape index (κ1) is 42.8. The summed E-state index contributed by atoms with van der Waals surface area (Å²) in [6.07, 6.45) is -5.33. The maximum atomic E-state index is 10.3. The molecular formula is C26H46O17. The fourth-order valence-electron chi connectivity index (χ4n) is 2.34. The molecule has 10 N–H and O–H groups in total. The van der Waals surface area contributed by atoms with Gasteiger partial charge in [0.15, 0.2) is 6.29 Å². The minimum absolute atomic E-state index is 0.0278. The van der Waals surface area contributed by atoms with Gasteiger partial charge in [-0.05, 0) is 31.2 Å². The van der Waals surface area contributed by atoms with Crippen molar-refractivity contribution >= 4 is 11.9 Å². The van der Waals surface area contributed by atoms with Gasteiger partial charge in [-0.2, -0.15) is 0 Å². The molecule has 3 saturated heterocycles. The number of benzene rings is 1. The van der Waals surface area contributed by atoms with Crippen LogP contribution >= 0.6 is 0 Å². The van der Waals surface area contributed by atoms with Crippen molar-refractivity contribution in [2.24, 2.45) is 0 Å². The van der Waals surface area contributed by atoms with Gasteiger partial charge in [0.25, 0.3) is 0 Å². The summed E-state index contributed by atoms with van der Waals surface area (Å²) in [5.74, 6) is -2.13. The predicted molar refractivity (Wildman–Crippen MR) is 147 cm³/mol. The van der Waals surface area contributed by atoms with Crippen LogP contribution in [-0.2, 0) is 23.7 Å². The molecule has 1 aromatic rings. The molecule has 252 valence electrons. The molecule has 1 aromatic carbocycles. The molecule has 3 fully saturated rings. The Labute approximate surface area is 249 Å². The van der Waals surface area contributed by atoms with Gasteiger partial charge in [0.2, 0.25) is 0 Å². The van der Waals surface area contributed by atoms with E-state index in [4.69, 9.17) is 50.0 Å². The molecule has 0 aromatic heterocycles. The second-order valence-electron chi connectivity index (χ2n) is 8.38. The number of epoxide rings is 2. The van der Waals surface area contributed by atoms with Crippen LogP contribution in [0.1, 0.15) is 27.6 Å². The van der Waals surface area contributed by atoms with E-state index in [0.717, 1.165) is 19.8 Å². The molecule has 3 aliphatic heterocycles. The topological polar surface area (TPSA) is 289 Å². The lowest BCUT2D eigenvalue weighted by molar-refractivity contribution is -0.294. The molecule has 4 rings (SSSR count). The Morgan fingerprint density at radius 3 is 1.42 bits per heavy atom. The van der Waals surface area contributed by atoms with Gasteiger partial charge in [-0.3, -0.25) is 0 Å². The molecule has 0 radical (unpaired) electrons. The molecule has 0 amide bonds. The first-order valence-electron chi connectivity index (χ1n) is 13.1. The molecule has 0 saturated carbocycles. The summed E-state index contributed by atoms with van der Waals surface area (Å²) in [7, 11) is 1.30. The summed E-state index contributed by atoms with van der Waals surface area (Å²) >= 11 is 0. The number of ether oxygens (including phenoxy) is 5. The Balaban J connectivity index is 0. The molecule has 0 aliphatic carbocycles. The van der Waals surface area contributed by atoms with Crippen LogP contribution in [0.25, 0.3) is 0 Å². The van der Waals surface area contributed by atoms with E-state index in [1.54, 1.807) is 0 Å². The second-order valence-corrected chi connectivity index (χ2v) is 8.38. The van der Waals surface area contributed by atoms with Gasteiger partial charge in [-0.15, -0.1) is 0 Å². The number of aromatic carboxylic acids is 2. The summed E-state index contributed by atoms with van der Waals surface area (Å²) < 4.78 is 23.5. The highest BCUT2D eigenvalue weighted by atomic mass is 16.7. The maximum Gasteiger partial charge on any atom is 0.335 e. The van der Waals surface area contributed by atoms with E-state index in [1.807, 2.05) is 0 Å². The quantitative estimate of drug-likeness (QED) is 0.0954. The highest BCUT2D eigenvalue weighted by Crippen LogP contribution is 2.21. The van der Waals surface area contributed by atoms with Crippen molar-refractivity contribution in [3.05, 3.63) is 35.4 Å². The van der Waals surface area contributed by atoms with Crippen molar-refractivity contribution in [3.8, 4) is 0 Å². The van der Waals surface area contributed by atoms with Crippen LogP contribution < -0.4 is 0 Å². The van der Waals surface area contributed by atoms with Crippen molar-refractivity contribution in [2.75, 3.05) is 73.2 Å². The second kappa shape index (κ2) is 27.2. The molecule has 3 heterocycles. The highest BCUT2D eigenvalue weighted by molar-refractivity contribution is 5.91. The molecular weight excluding hydrogens is 584 g/mol. The molecule has 17 nitrogen and oxygen atoms in total. The summed E-state index contributed by atoms with van der Waals surface area (Å²) in [6.45, 7) is 5.05. The molecule has 6 atom stereocenters. The molecule has 3 aliphatic rings. The van der Waals surface area contributed by atoms with E-state index in [-0.39, 0.29) is 37.6 Å². The van der Waals surface area contributed by atoms with Crippen LogP contribution in [0.2, 0.25) is 0 Å². The van der Waals surface area contributed by atoms with Crippen LogP contribution in [0.4, 0.5) is 0 Å². The van der Waals surface area contributed by atoms with E-state index >= 15 is 0 Å². The van der Waals surface area contributed by atoms with Gasteiger partial charge in [-0.25, -0.2) is 9.59 Å². The predicted octanol–water partition coefficient (Wildman–Crippen LogP) is -3.10. The number of aliphatic hydroxyl groups is 8. The molecule has 0 bridgehead atoms. The summed E-state index contributed by atoms with van der Waals surface area (Å²) in [5, 5.41) is 84.9. The van der Waals surface area contributed by atoms with Crippen LogP contribution in [0.5, 0.6) is 0 Å². The van der Waals surface area contributed by atoms with Crippen molar-refractivity contribution < 1.29 is 84.3 Å². The van der Waals surface area contributed by atoms with Gasteiger partial charge in [0.05, 0.1) is 83.3 Å². The monoisotopic (exact) mass is 630 g/mol. The number of hydrogen-bond acceptors (Lipinski definition) is 15. The zero-order valence-corrected chi connectivity index (χ0v) is 24.2. The van der Waals surface area contributed by atoms with Gasteiger partial charge >= 0.3 is 11.9 Å². The van der Waals surface area contributed by atoms with E-state index < -0.39 is 49.3 Å². The summed E-state index contributed by atoms with van der Waals surface area (Å²) in [4.78, 5) is 20.7. The van der Waals surface area contributed by atoms with Crippen molar-refractivity contribution in [1.82, 2.24) is 0 Å². The summed E-state index contributed by atoms with van der Waals surface area (Å²) in [5.41, 5.74) is 0.167. The molecule has 17 heteroatoms. The first-order valence-corrected chi connectivity index (χ1v) is 13.1. The van der Waals surface area contributed by atoms with Gasteiger partial charge in [0.1, 0.15) is 24.4 Å². The zero-order chi connectivity index (χ0) is 33.2. The number of carbonyl (C=O) groups is 2. The highest BCUT2D eigenvalue weighted by Gasteiger charge is 2.43. The average Bonchev–Trinajstić information content (AvgIpc) is 3.94. The fourth-order valence-corrected chi connectivity index (χ4v) is 2.34. The van der Waals surface area contributed by atoms with Gasteiger partial charge in [-0.1, -0.05) is 0 Å². The Hall–Kier alpha value is -2.36. The maximum absolute atomic E-state index is 10.3. The van der Waals surface area contributed by atoms with Crippen molar-refractivity contribution in [1.29, 1.82) is 0 Å². The molecule has 43 heavy (non-hydrogen) atoms. The Kier molecular flexibility index (Phi) is 27.1. The lowest BCUT2D eigenvalue weighted by atomic mass is 9.99. The minimum Gasteiger partial charge on any atom is -0.478 e. The van der Waals surface area contributed by atoms with Crippen molar-refractivity contribution in [3.63, 3.8) is 0 Å². The number of rotatable bonds is 9. The normalized spacial score (nSPS) is 24.2. The third-order valence-corrected chi connectivity index (χ3v) is 4.73. The Morgan fingerprint density at radius 2 is 1.19 bits per heavy atom. The van der Waals surface area contributed by atoms with Gasteiger partial charge < -0.3 is 74.7 Å². The van der Waals surface area contributed by atoms with Crippen molar-refractivity contribution in [2.45, 2.75) is 43.7 Å². The molecule has 0 spiro atoms. The van der Waals surface area contributed by atoms with Crippen LogP contribution in [-0.4, -0.2) is 173 Å². The fraction of sp³-hybridized carbons (Fsp3) is 0.692. The van der Waals surface area contributed by atoms with E-state index in [1.165, 1.54) is 31.4 Å². The lowest BCUT2D eigenvalue weighted by Crippen LogP contribution is -2.58. The average molecular weight is 631 g/mol. The first-order chi connectivity index (χ1) is 20.4. The minimum atomic E-state index is -1.36. The van der Waals surface area contributed by atoms with Crippen LogP contribution in [0, 0.1) is 0 Å². The lowest BCUT2D eigenvalue weighted by Gasteiger charge is -2.38. The number of hydrogen-bond donors (Lipinski definition) is 10. The number of carboxylic acids is 2. The van der Waals surface area contributed by atoms with Crippen LogP contribution in [0.15, 0.2) is 24.3 Å². The van der Waals surface area contributed by atoms with E-state index in [0.29, 0.717) is 19.3 Å². The van der Waals surface area contributed by atoms with E-state index in [2.05, 4.69) is 16.4 Å². The smallest absolute Gasteiger partial charge is 0.335 e. The van der Waals surface area contributed by atoms with Gasteiger partial charge in [0, 0.05) is 7.11 Å². The van der Waals surface area contributed by atoms with E-state index in [9.17, 15) is 24.9 Å².